The number of rotatable bonds is 3. The fourth-order valence-electron chi connectivity index (χ4n) is 13.0. The van der Waals surface area contributed by atoms with Gasteiger partial charge in [0.05, 0.1) is 19.3 Å². The van der Waals surface area contributed by atoms with E-state index in [0.29, 0.717) is 0 Å². The molecule has 0 saturated heterocycles. The largest absolute Gasteiger partial charge is 0.457 e. The minimum atomic E-state index is -0.720. The maximum Gasteiger partial charge on any atom is 0.132 e. The van der Waals surface area contributed by atoms with Gasteiger partial charge >= 0.3 is 0 Å². The molecule has 12 aromatic rings. The standard InChI is InChI=1S/C66H39NO2S/c1-2-17-43-40(16-1)32-35-53-63(43)46-20-5-9-24-50(46)66(53)52-26-11-13-29-58(52)69-60-37-34-42(39-55(60)66)67(56-27-15-31-62-64(56)47-21-6-14-30-61(47)70-62)41-33-36-59-54(38-41)65(51-25-10-12-28-57(51)68-59)48-22-7-3-18-44(48)45-19-4-8-23-49(45)65/h1-39H/i6D,14D. The smallest absolute Gasteiger partial charge is 0.132 e. The van der Waals surface area contributed by atoms with Gasteiger partial charge in [-0.2, -0.15) is 0 Å². The highest BCUT2D eigenvalue weighted by Crippen LogP contribution is 2.65. The molecule has 3 nitrogen and oxygen atoms in total. The molecule has 3 heterocycles. The van der Waals surface area contributed by atoms with Gasteiger partial charge in [0, 0.05) is 53.8 Å². The molecule has 2 aliphatic carbocycles. The summed E-state index contributed by atoms with van der Waals surface area (Å²) in [5.74, 6) is 3.31. The summed E-state index contributed by atoms with van der Waals surface area (Å²) in [5, 5.41) is 4.43. The summed E-state index contributed by atoms with van der Waals surface area (Å²) in [6.45, 7) is 0. The van der Waals surface area contributed by atoms with Crippen molar-refractivity contribution in [2.45, 2.75) is 10.8 Å². The number of fused-ring (bicyclic) bond motifs is 23. The Morgan fingerprint density at radius 3 is 1.57 bits per heavy atom. The average Bonchev–Trinajstić information content (AvgIpc) is 4.04. The molecule has 0 amide bonds. The van der Waals surface area contributed by atoms with Gasteiger partial charge < -0.3 is 14.4 Å². The summed E-state index contributed by atoms with van der Waals surface area (Å²) in [7, 11) is 0. The minimum Gasteiger partial charge on any atom is -0.457 e. The molecule has 1 aromatic heterocycles. The molecule has 0 bridgehead atoms. The van der Waals surface area contributed by atoms with Crippen molar-refractivity contribution in [1.82, 2.24) is 0 Å². The lowest BCUT2D eigenvalue weighted by atomic mass is 9.65. The first-order valence-electron chi connectivity index (χ1n) is 24.9. The van der Waals surface area contributed by atoms with Crippen LogP contribution in [0.3, 0.4) is 0 Å². The third-order valence-corrected chi connectivity index (χ3v) is 16.8. The first-order valence-corrected chi connectivity index (χ1v) is 24.7. The normalized spacial score (nSPS) is 16.2. The summed E-state index contributed by atoms with van der Waals surface area (Å²) in [6.07, 6.45) is 0. The van der Waals surface area contributed by atoms with Crippen molar-refractivity contribution < 1.29 is 12.2 Å². The van der Waals surface area contributed by atoms with E-state index in [1.165, 1.54) is 55.3 Å². The van der Waals surface area contributed by atoms with Crippen LogP contribution in [0.1, 0.15) is 47.2 Å². The highest BCUT2D eigenvalue weighted by Gasteiger charge is 2.53. The Morgan fingerprint density at radius 2 is 0.900 bits per heavy atom. The number of nitrogens with zero attached hydrogens (tertiary/aromatic N) is 1. The van der Waals surface area contributed by atoms with Crippen molar-refractivity contribution in [1.29, 1.82) is 0 Å². The van der Waals surface area contributed by atoms with Crippen LogP contribution in [-0.4, -0.2) is 0 Å². The van der Waals surface area contributed by atoms with Crippen LogP contribution in [0.15, 0.2) is 237 Å². The lowest BCUT2D eigenvalue weighted by molar-refractivity contribution is 0.436. The highest BCUT2D eigenvalue weighted by atomic mass is 32.1. The Labute approximate surface area is 411 Å². The van der Waals surface area contributed by atoms with Gasteiger partial charge in [-0.1, -0.05) is 170 Å². The van der Waals surface area contributed by atoms with Gasteiger partial charge in [-0.3, -0.25) is 0 Å². The number of ether oxygens (including phenoxy) is 2. The highest BCUT2D eigenvalue weighted by molar-refractivity contribution is 7.26. The molecule has 16 rings (SSSR count). The molecular weight excluding hydrogens is 871 g/mol. The van der Waals surface area contributed by atoms with E-state index >= 15 is 0 Å². The van der Waals surface area contributed by atoms with Gasteiger partial charge in [0.25, 0.3) is 0 Å². The predicted molar refractivity (Wildman–Crippen MR) is 286 cm³/mol. The topological polar surface area (TPSA) is 21.7 Å². The third-order valence-electron chi connectivity index (χ3n) is 15.7. The van der Waals surface area contributed by atoms with Crippen LogP contribution in [0.25, 0.3) is 53.2 Å². The number of anilines is 3. The SMILES string of the molecule is [2H]c1cc2sc3cccc(N(c4ccc5c(c4)C4(c6ccccc6O5)c5ccccc5-c5ccccc54)c4ccc5c(c4)C4(c6ccccc6O5)c5ccccc5-c5c4ccc4ccccc54)c3c2cc1[2H]. The molecule has 326 valence electrons. The number of hydrogen-bond donors (Lipinski definition) is 0. The number of benzene rings is 11. The lowest BCUT2D eigenvalue weighted by Crippen LogP contribution is -2.33. The minimum absolute atomic E-state index is 0.200. The van der Waals surface area contributed by atoms with Gasteiger partial charge in [-0.05, 0) is 122 Å². The molecule has 2 spiro atoms. The molecule has 0 N–H and O–H groups in total. The monoisotopic (exact) mass is 911 g/mol. The van der Waals surface area contributed by atoms with Crippen LogP contribution in [0, 0.1) is 0 Å². The van der Waals surface area contributed by atoms with Crippen molar-refractivity contribution in [3.63, 3.8) is 0 Å². The van der Waals surface area contributed by atoms with Gasteiger partial charge in [-0.25, -0.2) is 0 Å². The summed E-state index contributed by atoms with van der Waals surface area (Å²) < 4.78 is 33.6. The van der Waals surface area contributed by atoms with Gasteiger partial charge in [0.2, 0.25) is 0 Å². The van der Waals surface area contributed by atoms with Crippen LogP contribution in [0.2, 0.25) is 0 Å². The van der Waals surface area contributed by atoms with Gasteiger partial charge in [0.1, 0.15) is 23.0 Å². The van der Waals surface area contributed by atoms with E-state index in [9.17, 15) is 0 Å². The molecule has 4 heteroatoms. The zero-order chi connectivity index (χ0) is 47.5. The van der Waals surface area contributed by atoms with Gasteiger partial charge in [-0.15, -0.1) is 11.3 Å². The van der Waals surface area contributed by atoms with Gasteiger partial charge in [0.15, 0.2) is 0 Å². The van der Waals surface area contributed by atoms with Crippen molar-refractivity contribution in [3.8, 4) is 45.3 Å². The van der Waals surface area contributed by atoms with Crippen LogP contribution >= 0.6 is 11.3 Å². The Bertz CT molecular complexity index is 4320. The summed E-state index contributed by atoms with van der Waals surface area (Å²) in [4.78, 5) is 2.41. The Balaban J connectivity index is 1.01. The van der Waals surface area contributed by atoms with Crippen LogP contribution in [0.5, 0.6) is 23.0 Å². The summed E-state index contributed by atoms with van der Waals surface area (Å²) in [6, 6.07) is 81.3. The Hall–Kier alpha value is -8.70. The van der Waals surface area contributed by atoms with Crippen LogP contribution in [-0.2, 0) is 10.8 Å². The molecule has 0 radical (unpaired) electrons. The van der Waals surface area contributed by atoms with Crippen molar-refractivity contribution in [3.05, 3.63) is 281 Å². The van der Waals surface area contributed by atoms with E-state index < -0.39 is 10.8 Å². The molecule has 1 atom stereocenters. The van der Waals surface area contributed by atoms with E-state index in [2.05, 4.69) is 217 Å². The number of hydrogen-bond acceptors (Lipinski definition) is 4. The molecule has 2 aliphatic heterocycles. The third kappa shape index (κ3) is 4.78. The Kier molecular flexibility index (Phi) is 7.24. The molecule has 4 aliphatic rings. The zero-order valence-electron chi connectivity index (χ0n) is 39.5. The second-order valence-electron chi connectivity index (χ2n) is 18.8. The maximum absolute atomic E-state index is 8.90. The number of para-hydroxylation sites is 2. The predicted octanol–water partition coefficient (Wildman–Crippen LogP) is 17.6. The quantitative estimate of drug-likeness (QED) is 0.176. The number of thiophene rings is 1. The Morgan fingerprint density at radius 1 is 0.371 bits per heavy atom. The van der Waals surface area contributed by atoms with E-state index in [-0.39, 0.29) is 12.1 Å². The summed E-state index contributed by atoms with van der Waals surface area (Å²) in [5.41, 5.74) is 15.6. The van der Waals surface area contributed by atoms with E-state index in [1.54, 1.807) is 11.3 Å². The molecule has 11 aromatic carbocycles. The molecule has 70 heavy (non-hydrogen) atoms. The van der Waals surface area contributed by atoms with E-state index in [0.717, 1.165) is 82.5 Å². The lowest BCUT2D eigenvalue weighted by Gasteiger charge is -2.41. The zero-order valence-corrected chi connectivity index (χ0v) is 38.4. The van der Waals surface area contributed by atoms with Crippen molar-refractivity contribution >= 4 is 59.3 Å². The second kappa shape index (κ2) is 13.9. The second-order valence-corrected chi connectivity index (χ2v) is 19.9. The fourth-order valence-corrected chi connectivity index (χ4v) is 14.1. The van der Waals surface area contributed by atoms with Crippen molar-refractivity contribution in [2.75, 3.05) is 4.90 Å². The van der Waals surface area contributed by atoms with Crippen LogP contribution in [0.4, 0.5) is 17.1 Å². The van der Waals surface area contributed by atoms with Crippen molar-refractivity contribution in [2.24, 2.45) is 0 Å². The molecule has 0 fully saturated rings. The fraction of sp³-hybridized carbons (Fsp3) is 0.0303. The maximum atomic E-state index is 8.90. The molecule has 1 unspecified atom stereocenters. The average molecular weight is 912 g/mol. The van der Waals surface area contributed by atoms with E-state index in [4.69, 9.17) is 12.2 Å². The van der Waals surface area contributed by atoms with Crippen LogP contribution < -0.4 is 14.4 Å². The molecular formula is C66H39NO2S. The van der Waals surface area contributed by atoms with E-state index in [1.807, 2.05) is 12.1 Å². The first-order chi connectivity index (χ1) is 35.5. The summed E-state index contributed by atoms with van der Waals surface area (Å²) >= 11 is 1.67. The molecule has 0 saturated carbocycles. The first kappa shape index (κ1) is 36.4.